The van der Waals surface area contributed by atoms with Crippen molar-refractivity contribution in [1.29, 1.82) is 0 Å². The van der Waals surface area contributed by atoms with E-state index in [9.17, 15) is 14.7 Å². The van der Waals surface area contributed by atoms with Gasteiger partial charge in [-0.3, -0.25) is 9.59 Å². The lowest BCUT2D eigenvalue weighted by molar-refractivity contribution is 0.0731. The molecule has 2 N–H and O–H groups in total. The summed E-state index contributed by atoms with van der Waals surface area (Å²) in [5, 5.41) is 9.86. The van der Waals surface area contributed by atoms with Crippen LogP contribution in [0.3, 0.4) is 0 Å². The molecular weight excluding hydrogens is 294 g/mol. The third-order valence-corrected chi connectivity index (χ3v) is 4.54. The van der Waals surface area contributed by atoms with Crippen LogP contribution in [0, 0.1) is 0 Å². The van der Waals surface area contributed by atoms with Crippen molar-refractivity contribution in [2.75, 3.05) is 6.54 Å². The number of hydrogen-bond donors (Lipinski definition) is 2. The van der Waals surface area contributed by atoms with Gasteiger partial charge in [0.15, 0.2) is 0 Å². The lowest BCUT2D eigenvalue weighted by Crippen LogP contribution is -2.38. The van der Waals surface area contributed by atoms with E-state index < -0.39 is 0 Å². The van der Waals surface area contributed by atoms with E-state index in [0.29, 0.717) is 31.3 Å². The molecule has 0 atom stereocenters. The summed E-state index contributed by atoms with van der Waals surface area (Å²) in [6.07, 6.45) is 4.07. The number of nitrogens with one attached hydrogen (secondary N) is 1. The third kappa shape index (κ3) is 2.50. The predicted molar refractivity (Wildman–Crippen MR) is 83.4 cm³/mol. The van der Waals surface area contributed by atoms with Crippen LogP contribution in [0.2, 0.25) is 0 Å². The van der Waals surface area contributed by atoms with Gasteiger partial charge in [-0.1, -0.05) is 12.1 Å². The molecule has 1 fully saturated rings. The van der Waals surface area contributed by atoms with Crippen molar-refractivity contribution in [3.05, 3.63) is 57.3 Å². The van der Waals surface area contributed by atoms with E-state index in [1.807, 2.05) is 6.07 Å². The van der Waals surface area contributed by atoms with Crippen molar-refractivity contribution < 1.29 is 9.90 Å². The molecule has 1 saturated carbocycles. The minimum Gasteiger partial charge on any atom is -0.508 e. The summed E-state index contributed by atoms with van der Waals surface area (Å²) in [5.74, 6) is 0.982. The fourth-order valence-corrected chi connectivity index (χ4v) is 3.06. The topological polar surface area (TPSA) is 86.3 Å². The highest BCUT2D eigenvalue weighted by molar-refractivity contribution is 5.93. The van der Waals surface area contributed by atoms with Crippen LogP contribution in [0.5, 0.6) is 5.75 Å². The van der Waals surface area contributed by atoms with E-state index in [1.165, 1.54) is 6.20 Å². The first kappa shape index (κ1) is 14.0. The SMILES string of the molecule is O=C(c1cnc(C2CC2)[nH]c1=O)N1CCc2c(O)cccc2C1. The maximum atomic E-state index is 12.6. The van der Waals surface area contributed by atoms with Crippen LogP contribution in [0.1, 0.15) is 46.1 Å². The number of carbonyl (C=O) groups excluding carboxylic acids is 1. The molecule has 1 amide bonds. The van der Waals surface area contributed by atoms with Gasteiger partial charge in [-0.05, 0) is 30.9 Å². The Balaban J connectivity index is 1.59. The van der Waals surface area contributed by atoms with Crippen molar-refractivity contribution in [2.45, 2.75) is 31.7 Å². The molecule has 1 aromatic heterocycles. The maximum Gasteiger partial charge on any atom is 0.263 e. The number of phenolic OH excluding ortho intramolecular Hbond substituents is 1. The normalized spacial score (nSPS) is 17.0. The summed E-state index contributed by atoms with van der Waals surface area (Å²) in [5.41, 5.74) is 1.52. The van der Waals surface area contributed by atoms with Crippen molar-refractivity contribution in [3.8, 4) is 5.75 Å². The van der Waals surface area contributed by atoms with Crippen molar-refractivity contribution in [2.24, 2.45) is 0 Å². The van der Waals surface area contributed by atoms with Gasteiger partial charge in [-0.15, -0.1) is 0 Å². The molecule has 118 valence electrons. The van der Waals surface area contributed by atoms with E-state index in [-0.39, 0.29) is 22.8 Å². The molecular formula is C17H17N3O3. The summed E-state index contributed by atoms with van der Waals surface area (Å²) in [4.78, 5) is 33.4. The van der Waals surface area contributed by atoms with Crippen LogP contribution in [0.4, 0.5) is 0 Å². The van der Waals surface area contributed by atoms with Crippen molar-refractivity contribution in [1.82, 2.24) is 14.9 Å². The molecule has 1 aromatic carbocycles. The fourth-order valence-electron chi connectivity index (χ4n) is 3.06. The van der Waals surface area contributed by atoms with Crippen LogP contribution in [-0.2, 0) is 13.0 Å². The first-order valence-electron chi connectivity index (χ1n) is 7.81. The number of nitrogens with zero attached hydrogens (tertiary/aromatic N) is 2. The molecule has 2 aliphatic rings. The minimum absolute atomic E-state index is 0.0815. The molecule has 6 nitrogen and oxygen atoms in total. The Morgan fingerprint density at radius 3 is 2.91 bits per heavy atom. The monoisotopic (exact) mass is 311 g/mol. The zero-order valence-corrected chi connectivity index (χ0v) is 12.6. The second-order valence-corrected chi connectivity index (χ2v) is 6.18. The molecule has 1 aliphatic carbocycles. The fraction of sp³-hybridized carbons (Fsp3) is 0.353. The minimum atomic E-state index is -0.367. The molecule has 1 aliphatic heterocycles. The van der Waals surface area contributed by atoms with Crippen LogP contribution < -0.4 is 5.56 Å². The van der Waals surface area contributed by atoms with Gasteiger partial charge in [0.25, 0.3) is 11.5 Å². The van der Waals surface area contributed by atoms with Crippen LogP contribution in [0.25, 0.3) is 0 Å². The summed E-state index contributed by atoms with van der Waals surface area (Å²) < 4.78 is 0. The molecule has 23 heavy (non-hydrogen) atoms. The average molecular weight is 311 g/mol. The van der Waals surface area contributed by atoms with Gasteiger partial charge < -0.3 is 15.0 Å². The van der Waals surface area contributed by atoms with Crippen LogP contribution >= 0.6 is 0 Å². The zero-order chi connectivity index (χ0) is 16.0. The van der Waals surface area contributed by atoms with Gasteiger partial charge in [-0.25, -0.2) is 4.98 Å². The van der Waals surface area contributed by atoms with E-state index in [1.54, 1.807) is 17.0 Å². The number of aromatic amines is 1. The average Bonchev–Trinajstić information content (AvgIpc) is 3.39. The van der Waals surface area contributed by atoms with E-state index in [0.717, 1.165) is 24.0 Å². The van der Waals surface area contributed by atoms with Crippen LogP contribution in [-0.4, -0.2) is 32.4 Å². The quantitative estimate of drug-likeness (QED) is 0.881. The molecule has 0 bridgehead atoms. The third-order valence-electron chi connectivity index (χ3n) is 4.54. The highest BCUT2D eigenvalue weighted by Gasteiger charge is 2.28. The first-order chi connectivity index (χ1) is 11.1. The number of fused-ring (bicyclic) bond motifs is 1. The predicted octanol–water partition coefficient (Wildman–Crippen LogP) is 1.55. The first-order valence-corrected chi connectivity index (χ1v) is 7.81. The number of benzene rings is 1. The zero-order valence-electron chi connectivity index (χ0n) is 12.6. The Morgan fingerprint density at radius 1 is 1.35 bits per heavy atom. The molecule has 4 rings (SSSR count). The molecule has 2 heterocycles. The Labute approximate surface area is 132 Å². The standard InChI is InChI=1S/C17H17N3O3/c21-14-3-1-2-11-9-20(7-6-12(11)14)17(23)13-8-18-15(10-4-5-10)19-16(13)22/h1-3,8,10,21H,4-7,9H2,(H,18,19,22). The highest BCUT2D eigenvalue weighted by Crippen LogP contribution is 2.37. The molecule has 0 unspecified atom stereocenters. The van der Waals surface area contributed by atoms with E-state index >= 15 is 0 Å². The van der Waals surface area contributed by atoms with Gasteiger partial charge in [0, 0.05) is 30.8 Å². The second-order valence-electron chi connectivity index (χ2n) is 6.18. The van der Waals surface area contributed by atoms with Crippen molar-refractivity contribution in [3.63, 3.8) is 0 Å². The number of aromatic hydroxyl groups is 1. The maximum absolute atomic E-state index is 12.6. The Hall–Kier alpha value is -2.63. The second kappa shape index (κ2) is 5.22. The van der Waals surface area contributed by atoms with Crippen LogP contribution in [0.15, 0.2) is 29.2 Å². The van der Waals surface area contributed by atoms with Gasteiger partial charge in [0.2, 0.25) is 0 Å². The molecule has 6 heteroatoms. The molecule has 0 radical (unpaired) electrons. The molecule has 0 spiro atoms. The number of H-pyrrole nitrogens is 1. The number of carbonyl (C=O) groups is 1. The van der Waals surface area contributed by atoms with Crippen molar-refractivity contribution >= 4 is 5.91 Å². The summed E-state index contributed by atoms with van der Waals surface area (Å²) in [6.45, 7) is 0.875. The number of hydrogen-bond acceptors (Lipinski definition) is 4. The number of amides is 1. The molecule has 0 saturated heterocycles. The summed E-state index contributed by atoms with van der Waals surface area (Å²) in [7, 11) is 0. The Bertz CT molecular complexity index is 839. The summed E-state index contributed by atoms with van der Waals surface area (Å²) >= 11 is 0. The number of aromatic nitrogens is 2. The van der Waals surface area contributed by atoms with Gasteiger partial charge in [0.1, 0.15) is 17.1 Å². The Kier molecular flexibility index (Phi) is 3.18. The van der Waals surface area contributed by atoms with Gasteiger partial charge in [-0.2, -0.15) is 0 Å². The lowest BCUT2D eigenvalue weighted by atomic mass is 9.98. The van der Waals surface area contributed by atoms with Gasteiger partial charge in [0.05, 0.1) is 0 Å². The number of rotatable bonds is 2. The molecule has 2 aromatic rings. The lowest BCUT2D eigenvalue weighted by Gasteiger charge is -2.29. The van der Waals surface area contributed by atoms with E-state index in [2.05, 4.69) is 9.97 Å². The highest BCUT2D eigenvalue weighted by atomic mass is 16.3. The largest absolute Gasteiger partial charge is 0.508 e. The number of phenols is 1. The Morgan fingerprint density at radius 2 is 2.17 bits per heavy atom. The summed E-state index contributed by atoms with van der Waals surface area (Å²) in [6, 6.07) is 5.32. The smallest absolute Gasteiger partial charge is 0.263 e. The van der Waals surface area contributed by atoms with E-state index in [4.69, 9.17) is 0 Å². The van der Waals surface area contributed by atoms with Gasteiger partial charge >= 0.3 is 0 Å².